The van der Waals surface area contributed by atoms with Crippen molar-refractivity contribution in [1.82, 2.24) is 10.6 Å². The van der Waals surface area contributed by atoms with E-state index in [1.807, 2.05) is 0 Å². The Morgan fingerprint density at radius 2 is 2.30 bits per heavy atom. The van der Waals surface area contributed by atoms with Gasteiger partial charge in [-0.05, 0) is 38.8 Å². The molecule has 112 valence electrons. The predicted octanol–water partition coefficient (Wildman–Crippen LogP) is 1.43. The predicted molar refractivity (Wildman–Crippen MR) is 80.0 cm³/mol. The zero-order chi connectivity index (χ0) is 14.4. The average Bonchev–Trinajstić information content (AvgIpc) is 2.46. The van der Waals surface area contributed by atoms with E-state index in [9.17, 15) is 4.79 Å². The van der Waals surface area contributed by atoms with E-state index < -0.39 is 0 Å². The molecular formula is C14H22ClN3O2. The van der Waals surface area contributed by atoms with Crippen LogP contribution in [0.1, 0.15) is 26.2 Å². The van der Waals surface area contributed by atoms with Gasteiger partial charge in [0.05, 0.1) is 12.2 Å². The van der Waals surface area contributed by atoms with Crippen molar-refractivity contribution in [3.05, 3.63) is 11.3 Å². The first-order chi connectivity index (χ1) is 9.70. The number of alkyl halides is 1. The SMILES string of the molecule is CCOC(=O)C1=C(NCC2CCNCC2)CC(Cl)N=C1. The van der Waals surface area contributed by atoms with Crippen molar-refractivity contribution in [1.29, 1.82) is 0 Å². The Morgan fingerprint density at radius 3 is 3.00 bits per heavy atom. The van der Waals surface area contributed by atoms with Crippen LogP contribution in [0.2, 0.25) is 0 Å². The zero-order valence-electron chi connectivity index (χ0n) is 11.8. The number of carbonyl (C=O) groups is 1. The van der Waals surface area contributed by atoms with Gasteiger partial charge in [0.2, 0.25) is 0 Å². The lowest BCUT2D eigenvalue weighted by Gasteiger charge is -2.25. The van der Waals surface area contributed by atoms with E-state index in [0.29, 0.717) is 24.5 Å². The van der Waals surface area contributed by atoms with Crippen LogP contribution in [0, 0.1) is 5.92 Å². The van der Waals surface area contributed by atoms with Crippen LogP contribution in [-0.4, -0.2) is 43.9 Å². The molecule has 0 aromatic carbocycles. The largest absolute Gasteiger partial charge is 0.462 e. The number of dihydropyridines is 1. The molecule has 0 aliphatic carbocycles. The molecule has 0 aromatic rings. The highest BCUT2D eigenvalue weighted by molar-refractivity contribution is 6.22. The topological polar surface area (TPSA) is 62.7 Å². The monoisotopic (exact) mass is 299 g/mol. The summed E-state index contributed by atoms with van der Waals surface area (Å²) >= 11 is 6.05. The summed E-state index contributed by atoms with van der Waals surface area (Å²) in [7, 11) is 0. The van der Waals surface area contributed by atoms with Gasteiger partial charge in [-0.2, -0.15) is 0 Å². The highest BCUT2D eigenvalue weighted by atomic mass is 35.5. The van der Waals surface area contributed by atoms with Crippen molar-refractivity contribution in [2.75, 3.05) is 26.2 Å². The molecule has 1 fully saturated rings. The number of piperidine rings is 1. The van der Waals surface area contributed by atoms with E-state index >= 15 is 0 Å². The molecule has 0 saturated carbocycles. The summed E-state index contributed by atoms with van der Waals surface area (Å²) in [5.41, 5.74) is 1.07. The second-order valence-electron chi connectivity index (χ2n) is 5.10. The molecule has 1 saturated heterocycles. The maximum atomic E-state index is 11.9. The van der Waals surface area contributed by atoms with Gasteiger partial charge in [0, 0.05) is 24.9 Å². The van der Waals surface area contributed by atoms with Crippen LogP contribution >= 0.6 is 11.6 Å². The molecule has 0 aromatic heterocycles. The summed E-state index contributed by atoms with van der Waals surface area (Å²) < 4.78 is 5.06. The molecule has 1 unspecified atom stereocenters. The van der Waals surface area contributed by atoms with Gasteiger partial charge in [-0.1, -0.05) is 11.6 Å². The average molecular weight is 300 g/mol. The molecule has 2 aliphatic rings. The standard InChI is InChI=1S/C14H22ClN3O2/c1-2-20-14(19)11-9-18-13(15)7-12(11)17-8-10-3-5-16-6-4-10/h9-10,13,16-17H,2-8H2,1H3. The molecule has 2 heterocycles. The quantitative estimate of drug-likeness (QED) is 0.458. The molecule has 2 N–H and O–H groups in total. The van der Waals surface area contributed by atoms with Crippen LogP contribution in [-0.2, 0) is 9.53 Å². The first-order valence-electron chi connectivity index (χ1n) is 7.22. The summed E-state index contributed by atoms with van der Waals surface area (Å²) in [4.78, 5) is 16.0. The maximum Gasteiger partial charge on any atom is 0.341 e. The third-order valence-electron chi connectivity index (χ3n) is 3.62. The van der Waals surface area contributed by atoms with Crippen LogP contribution in [0.3, 0.4) is 0 Å². The Bertz CT molecular complexity index is 403. The van der Waals surface area contributed by atoms with Crippen LogP contribution in [0.5, 0.6) is 0 Å². The van der Waals surface area contributed by atoms with E-state index in [2.05, 4.69) is 15.6 Å². The number of hydrogen-bond donors (Lipinski definition) is 2. The third-order valence-corrected chi connectivity index (χ3v) is 3.89. The summed E-state index contributed by atoms with van der Waals surface area (Å²) in [6.07, 6.45) is 4.40. The number of esters is 1. The van der Waals surface area contributed by atoms with Gasteiger partial charge in [-0.25, -0.2) is 4.79 Å². The summed E-state index contributed by atoms with van der Waals surface area (Å²) in [6, 6.07) is 0. The minimum atomic E-state index is -0.326. The van der Waals surface area contributed by atoms with Crippen molar-refractivity contribution in [3.63, 3.8) is 0 Å². The van der Waals surface area contributed by atoms with Crippen molar-refractivity contribution >= 4 is 23.8 Å². The summed E-state index contributed by atoms with van der Waals surface area (Å²) in [5, 5.41) is 6.73. The maximum absolute atomic E-state index is 11.9. The van der Waals surface area contributed by atoms with E-state index in [4.69, 9.17) is 16.3 Å². The van der Waals surface area contributed by atoms with E-state index in [1.54, 1.807) is 6.92 Å². The smallest absolute Gasteiger partial charge is 0.341 e. The number of nitrogens with zero attached hydrogens (tertiary/aromatic N) is 1. The van der Waals surface area contributed by atoms with Gasteiger partial charge < -0.3 is 15.4 Å². The third kappa shape index (κ3) is 4.21. The van der Waals surface area contributed by atoms with Crippen molar-refractivity contribution in [2.45, 2.75) is 31.7 Å². The lowest BCUT2D eigenvalue weighted by atomic mass is 9.97. The highest BCUT2D eigenvalue weighted by Crippen LogP contribution is 2.20. The number of ether oxygens (including phenoxy) is 1. The molecular weight excluding hydrogens is 278 g/mol. The molecule has 0 bridgehead atoms. The van der Waals surface area contributed by atoms with Gasteiger partial charge >= 0.3 is 5.97 Å². The van der Waals surface area contributed by atoms with Gasteiger partial charge in [0.1, 0.15) is 5.50 Å². The number of aliphatic imine (C=N–C) groups is 1. The molecule has 2 aliphatic heterocycles. The molecule has 0 spiro atoms. The zero-order valence-corrected chi connectivity index (χ0v) is 12.6. The molecule has 2 rings (SSSR count). The Kier molecular flexibility index (Phi) is 5.86. The van der Waals surface area contributed by atoms with E-state index in [0.717, 1.165) is 38.2 Å². The first kappa shape index (κ1) is 15.3. The molecule has 1 atom stereocenters. The van der Waals surface area contributed by atoms with Gasteiger partial charge in [0.25, 0.3) is 0 Å². The second-order valence-corrected chi connectivity index (χ2v) is 5.61. The number of rotatable bonds is 5. The van der Waals surface area contributed by atoms with Gasteiger partial charge in [-0.15, -0.1) is 0 Å². The number of halogens is 1. The number of nitrogens with one attached hydrogen (secondary N) is 2. The van der Waals surface area contributed by atoms with Crippen LogP contribution in [0.4, 0.5) is 0 Å². The van der Waals surface area contributed by atoms with Crippen molar-refractivity contribution < 1.29 is 9.53 Å². The van der Waals surface area contributed by atoms with Gasteiger partial charge in [0.15, 0.2) is 0 Å². The lowest BCUT2D eigenvalue weighted by molar-refractivity contribution is -0.137. The fraction of sp³-hybridized carbons (Fsp3) is 0.714. The van der Waals surface area contributed by atoms with Crippen molar-refractivity contribution in [2.24, 2.45) is 10.9 Å². The minimum absolute atomic E-state index is 0.302. The summed E-state index contributed by atoms with van der Waals surface area (Å²) in [6.45, 7) is 5.16. The minimum Gasteiger partial charge on any atom is -0.462 e. The first-order valence-corrected chi connectivity index (χ1v) is 7.66. The normalized spacial score (nSPS) is 23.8. The molecule has 5 nitrogen and oxygen atoms in total. The fourth-order valence-electron chi connectivity index (χ4n) is 2.47. The van der Waals surface area contributed by atoms with Crippen LogP contribution < -0.4 is 10.6 Å². The Hall–Kier alpha value is -1.07. The second kappa shape index (κ2) is 7.64. The molecule has 20 heavy (non-hydrogen) atoms. The van der Waals surface area contributed by atoms with Crippen LogP contribution in [0.25, 0.3) is 0 Å². The fourth-order valence-corrected chi connectivity index (χ4v) is 2.68. The lowest BCUT2D eigenvalue weighted by Crippen LogP contribution is -2.35. The molecule has 0 amide bonds. The number of hydrogen-bond acceptors (Lipinski definition) is 5. The summed E-state index contributed by atoms with van der Waals surface area (Å²) in [5.74, 6) is 0.312. The molecule has 0 radical (unpaired) electrons. The highest BCUT2D eigenvalue weighted by Gasteiger charge is 2.22. The van der Waals surface area contributed by atoms with Gasteiger partial charge in [-0.3, -0.25) is 4.99 Å². The van der Waals surface area contributed by atoms with Crippen LogP contribution in [0.15, 0.2) is 16.3 Å². The Balaban J connectivity index is 1.98. The van der Waals surface area contributed by atoms with E-state index in [-0.39, 0.29) is 11.5 Å². The Morgan fingerprint density at radius 1 is 1.55 bits per heavy atom. The Labute approximate surface area is 124 Å². The van der Waals surface area contributed by atoms with Crippen molar-refractivity contribution in [3.8, 4) is 0 Å². The number of carbonyl (C=O) groups excluding carboxylic acids is 1. The van der Waals surface area contributed by atoms with E-state index in [1.165, 1.54) is 6.21 Å². The molecule has 6 heteroatoms.